The highest BCUT2D eigenvalue weighted by molar-refractivity contribution is 7.98. The smallest absolute Gasteiger partial charge is 0.253 e. The molecule has 4 rings (SSSR count). The van der Waals surface area contributed by atoms with E-state index in [1.54, 1.807) is 10.8 Å². The van der Waals surface area contributed by atoms with Crippen LogP contribution in [0.3, 0.4) is 0 Å². The van der Waals surface area contributed by atoms with Crippen molar-refractivity contribution in [2.24, 2.45) is 0 Å². The van der Waals surface area contributed by atoms with Crippen molar-refractivity contribution in [3.8, 4) is 0 Å². The van der Waals surface area contributed by atoms with Gasteiger partial charge in [0.05, 0.1) is 18.7 Å². The first-order valence-electron chi connectivity index (χ1n) is 9.88. The number of hydrogen-bond acceptors (Lipinski definition) is 7. The number of amides is 1. The van der Waals surface area contributed by atoms with E-state index in [0.717, 1.165) is 35.8 Å². The van der Waals surface area contributed by atoms with Gasteiger partial charge in [-0.05, 0) is 58.2 Å². The minimum absolute atomic E-state index is 0.0293. The Bertz CT molecular complexity index is 994. The fourth-order valence-corrected chi connectivity index (χ4v) is 4.25. The van der Waals surface area contributed by atoms with Crippen LogP contribution < -0.4 is 5.32 Å². The van der Waals surface area contributed by atoms with Crippen molar-refractivity contribution >= 4 is 23.4 Å². The Hall–Kier alpha value is -2.39. The fraction of sp³-hybridized carbons (Fsp3) is 0.500. The predicted molar refractivity (Wildman–Crippen MR) is 111 cm³/mol. The number of nitrogens with zero attached hydrogens (tertiary/aromatic N) is 5. The highest BCUT2D eigenvalue weighted by Gasteiger charge is 2.26. The molecule has 1 atom stereocenters. The standard InChI is InChI=1S/C20H26N6O2S/c1-13-15(14(2)26-19(22-13)23-20(24-26)29-3)11-18(27)21-12-16(17-7-6-10-28-17)25-8-4-5-9-25/h6-7,10,16H,4-5,8-9,11-12H2,1-3H3,(H,21,27). The molecule has 1 aliphatic heterocycles. The third-order valence-corrected chi connectivity index (χ3v) is 6.03. The van der Waals surface area contributed by atoms with Gasteiger partial charge in [0.15, 0.2) is 0 Å². The van der Waals surface area contributed by atoms with Gasteiger partial charge in [0.25, 0.3) is 5.78 Å². The number of nitrogens with one attached hydrogen (secondary N) is 1. The number of thioether (sulfide) groups is 1. The average Bonchev–Trinajstić information content (AvgIpc) is 3.46. The summed E-state index contributed by atoms with van der Waals surface area (Å²) in [5.74, 6) is 1.44. The van der Waals surface area contributed by atoms with Crippen molar-refractivity contribution in [2.45, 2.75) is 44.3 Å². The molecule has 8 nitrogen and oxygen atoms in total. The average molecular weight is 415 g/mol. The van der Waals surface area contributed by atoms with E-state index in [9.17, 15) is 4.79 Å². The van der Waals surface area contributed by atoms with E-state index in [1.165, 1.54) is 24.6 Å². The van der Waals surface area contributed by atoms with Crippen LogP contribution in [0.1, 0.15) is 41.6 Å². The Labute approximate surface area is 174 Å². The van der Waals surface area contributed by atoms with Gasteiger partial charge in [-0.25, -0.2) is 9.50 Å². The molecular formula is C20H26N6O2S. The van der Waals surface area contributed by atoms with Crippen molar-refractivity contribution in [3.63, 3.8) is 0 Å². The minimum Gasteiger partial charge on any atom is -0.468 e. The first-order chi connectivity index (χ1) is 14.1. The van der Waals surface area contributed by atoms with Crippen LogP contribution in [0.25, 0.3) is 5.78 Å². The summed E-state index contributed by atoms with van der Waals surface area (Å²) in [6.45, 7) is 6.46. The number of carbonyl (C=O) groups is 1. The summed E-state index contributed by atoms with van der Waals surface area (Å²) in [5.41, 5.74) is 2.60. The lowest BCUT2D eigenvalue weighted by Gasteiger charge is -2.26. The van der Waals surface area contributed by atoms with Crippen LogP contribution in [0, 0.1) is 13.8 Å². The summed E-state index contributed by atoms with van der Waals surface area (Å²) in [6, 6.07) is 3.95. The summed E-state index contributed by atoms with van der Waals surface area (Å²) in [7, 11) is 0. The number of aromatic nitrogens is 4. The molecule has 0 radical (unpaired) electrons. The van der Waals surface area contributed by atoms with Crippen LogP contribution in [-0.2, 0) is 11.2 Å². The number of likely N-dealkylation sites (tertiary alicyclic amines) is 1. The van der Waals surface area contributed by atoms with Crippen LogP contribution in [0.5, 0.6) is 0 Å². The molecule has 3 aromatic rings. The monoisotopic (exact) mass is 414 g/mol. The van der Waals surface area contributed by atoms with Gasteiger partial charge >= 0.3 is 0 Å². The van der Waals surface area contributed by atoms with E-state index < -0.39 is 0 Å². The van der Waals surface area contributed by atoms with E-state index in [-0.39, 0.29) is 18.4 Å². The van der Waals surface area contributed by atoms with E-state index >= 15 is 0 Å². The Morgan fingerprint density at radius 2 is 2.10 bits per heavy atom. The lowest BCUT2D eigenvalue weighted by atomic mass is 10.1. The molecule has 4 heterocycles. The van der Waals surface area contributed by atoms with Crippen LogP contribution in [0.15, 0.2) is 28.0 Å². The van der Waals surface area contributed by atoms with Crippen LogP contribution >= 0.6 is 11.8 Å². The largest absolute Gasteiger partial charge is 0.468 e. The van der Waals surface area contributed by atoms with Crippen LogP contribution in [-0.4, -0.2) is 56.3 Å². The summed E-state index contributed by atoms with van der Waals surface area (Å²) >= 11 is 1.47. The Balaban J connectivity index is 1.47. The first kappa shape index (κ1) is 19.9. The van der Waals surface area contributed by atoms with Crippen molar-refractivity contribution < 1.29 is 9.21 Å². The maximum atomic E-state index is 12.8. The highest BCUT2D eigenvalue weighted by atomic mass is 32.2. The lowest BCUT2D eigenvalue weighted by Crippen LogP contribution is -2.37. The number of hydrogen-bond donors (Lipinski definition) is 1. The normalized spacial score (nSPS) is 15.8. The van der Waals surface area contributed by atoms with Crippen molar-refractivity contribution in [1.29, 1.82) is 0 Å². The molecule has 1 aliphatic rings. The zero-order chi connectivity index (χ0) is 20.4. The van der Waals surface area contributed by atoms with Gasteiger partial charge in [-0.3, -0.25) is 9.69 Å². The molecule has 1 N–H and O–H groups in total. The second-order valence-electron chi connectivity index (χ2n) is 7.33. The Kier molecular flexibility index (Phi) is 5.86. The molecule has 3 aromatic heterocycles. The van der Waals surface area contributed by atoms with Crippen molar-refractivity contribution in [3.05, 3.63) is 41.1 Å². The molecule has 0 bridgehead atoms. The van der Waals surface area contributed by atoms with Crippen LogP contribution in [0.4, 0.5) is 0 Å². The Morgan fingerprint density at radius 3 is 2.79 bits per heavy atom. The van der Waals surface area contributed by atoms with E-state index in [2.05, 4.69) is 25.3 Å². The van der Waals surface area contributed by atoms with Gasteiger partial charge in [0, 0.05) is 23.5 Å². The highest BCUT2D eigenvalue weighted by Crippen LogP contribution is 2.25. The van der Waals surface area contributed by atoms with Gasteiger partial charge < -0.3 is 9.73 Å². The molecule has 0 saturated carbocycles. The quantitative estimate of drug-likeness (QED) is 0.594. The molecule has 1 unspecified atom stereocenters. The number of furan rings is 1. The van der Waals surface area contributed by atoms with E-state index in [4.69, 9.17) is 4.42 Å². The predicted octanol–water partition coefficient (Wildman–Crippen LogP) is 2.55. The molecule has 9 heteroatoms. The van der Waals surface area contributed by atoms with Gasteiger partial charge in [-0.1, -0.05) is 11.8 Å². The van der Waals surface area contributed by atoms with Gasteiger partial charge in [-0.15, -0.1) is 5.10 Å². The summed E-state index contributed by atoms with van der Waals surface area (Å²) < 4.78 is 7.35. The first-order valence-corrected chi connectivity index (χ1v) is 11.1. The topological polar surface area (TPSA) is 88.6 Å². The minimum atomic E-state index is -0.0293. The van der Waals surface area contributed by atoms with E-state index in [1.807, 2.05) is 32.2 Å². The van der Waals surface area contributed by atoms with E-state index in [0.29, 0.717) is 17.5 Å². The SMILES string of the molecule is CSc1nc2nc(C)c(CC(=O)NCC(c3ccco3)N3CCCC3)c(C)n2n1. The zero-order valence-electron chi connectivity index (χ0n) is 17.0. The second kappa shape index (κ2) is 8.54. The number of rotatable bonds is 7. The number of carbonyl (C=O) groups excluding carboxylic acids is 1. The molecule has 0 spiro atoms. The third-order valence-electron chi connectivity index (χ3n) is 5.50. The number of fused-ring (bicyclic) bond motifs is 1. The molecule has 29 heavy (non-hydrogen) atoms. The maximum Gasteiger partial charge on any atom is 0.253 e. The summed E-state index contributed by atoms with van der Waals surface area (Å²) in [5, 5.41) is 8.23. The zero-order valence-corrected chi connectivity index (χ0v) is 17.8. The number of aryl methyl sites for hydroxylation is 2. The van der Waals surface area contributed by atoms with Crippen molar-refractivity contribution in [1.82, 2.24) is 29.8 Å². The molecule has 1 saturated heterocycles. The fourth-order valence-electron chi connectivity index (χ4n) is 3.91. The lowest BCUT2D eigenvalue weighted by molar-refractivity contribution is -0.120. The molecule has 0 aliphatic carbocycles. The molecule has 0 aromatic carbocycles. The molecule has 1 fully saturated rings. The summed E-state index contributed by atoms with van der Waals surface area (Å²) in [4.78, 5) is 24.1. The van der Waals surface area contributed by atoms with Crippen molar-refractivity contribution in [2.75, 3.05) is 25.9 Å². The Morgan fingerprint density at radius 1 is 1.31 bits per heavy atom. The maximum absolute atomic E-state index is 12.8. The molecular weight excluding hydrogens is 388 g/mol. The molecule has 1 amide bonds. The second-order valence-corrected chi connectivity index (χ2v) is 8.10. The van der Waals surface area contributed by atoms with Gasteiger partial charge in [0.2, 0.25) is 11.1 Å². The van der Waals surface area contributed by atoms with Crippen LogP contribution in [0.2, 0.25) is 0 Å². The van der Waals surface area contributed by atoms with Gasteiger partial charge in [-0.2, -0.15) is 4.98 Å². The third kappa shape index (κ3) is 4.16. The van der Waals surface area contributed by atoms with Gasteiger partial charge in [0.1, 0.15) is 5.76 Å². The molecule has 154 valence electrons. The summed E-state index contributed by atoms with van der Waals surface area (Å²) in [6.07, 6.45) is 6.26.